The Morgan fingerprint density at radius 1 is 0.905 bits per heavy atom. The molecule has 0 saturated carbocycles. The summed E-state index contributed by atoms with van der Waals surface area (Å²) >= 11 is 1.23. The molecule has 0 bridgehead atoms. The number of sulfonamides is 1. The van der Waals surface area contributed by atoms with E-state index in [1.165, 1.54) is 49.7 Å². The van der Waals surface area contributed by atoms with Gasteiger partial charge in [-0.15, -0.1) is 11.3 Å². The maximum absolute atomic E-state index is 13.2. The maximum atomic E-state index is 13.2. The molecule has 1 aromatic heterocycles. The summed E-state index contributed by atoms with van der Waals surface area (Å²) in [6.45, 7) is 5.28. The number of benzene rings is 1. The standard InChI is InChI=1S/C27H35N5O8S2/c1-5-39-26(35)30-13-15-32(16-14-30)42(37,38)19-9-7-18(8-10-19)23(33)28-24-22(25(34)29(3)4)20-11-12-31(17-21(20)41-24)27(36)40-6-2/h7-10H,5-6,11-17H2,1-4H3,(H,28,33). The molecule has 2 aliphatic heterocycles. The smallest absolute Gasteiger partial charge is 0.410 e. The van der Waals surface area contributed by atoms with E-state index < -0.39 is 28.1 Å². The molecule has 0 radical (unpaired) electrons. The van der Waals surface area contributed by atoms with Crippen LogP contribution >= 0.6 is 11.3 Å². The van der Waals surface area contributed by atoms with Crippen LogP contribution < -0.4 is 5.32 Å². The lowest BCUT2D eigenvalue weighted by Crippen LogP contribution is -2.50. The first kappa shape index (κ1) is 31.3. The summed E-state index contributed by atoms with van der Waals surface area (Å²) in [7, 11) is -0.585. The largest absolute Gasteiger partial charge is 0.450 e. The van der Waals surface area contributed by atoms with Gasteiger partial charge in [-0.05, 0) is 50.1 Å². The zero-order valence-corrected chi connectivity index (χ0v) is 25.7. The lowest BCUT2D eigenvalue weighted by atomic mass is 10.0. The first-order valence-electron chi connectivity index (χ1n) is 13.6. The molecule has 228 valence electrons. The Bertz CT molecular complexity index is 1450. The number of piperazine rings is 1. The van der Waals surface area contributed by atoms with Crippen LogP contribution in [0.3, 0.4) is 0 Å². The summed E-state index contributed by atoms with van der Waals surface area (Å²) in [6.07, 6.45) is -0.461. The van der Waals surface area contributed by atoms with Crippen LogP contribution in [0.2, 0.25) is 0 Å². The summed E-state index contributed by atoms with van der Waals surface area (Å²) in [5.41, 5.74) is 1.39. The zero-order valence-electron chi connectivity index (χ0n) is 24.0. The number of rotatable bonds is 7. The minimum absolute atomic E-state index is 0.0257. The SMILES string of the molecule is CCOC(=O)N1CCN(S(=O)(=O)c2ccc(C(=O)Nc3sc4c(c3C(=O)N(C)C)CCN(C(=O)OCC)C4)cc2)CC1. The van der Waals surface area contributed by atoms with Gasteiger partial charge in [-0.3, -0.25) is 9.59 Å². The van der Waals surface area contributed by atoms with E-state index in [-0.39, 0.29) is 62.3 Å². The Kier molecular flexibility index (Phi) is 9.74. The average Bonchev–Trinajstić information content (AvgIpc) is 3.33. The molecule has 1 aromatic carbocycles. The van der Waals surface area contributed by atoms with E-state index in [0.29, 0.717) is 23.5 Å². The molecule has 13 nitrogen and oxygen atoms in total. The second-order valence-electron chi connectivity index (χ2n) is 9.85. The van der Waals surface area contributed by atoms with Gasteiger partial charge in [0.25, 0.3) is 11.8 Å². The number of nitrogens with one attached hydrogen (secondary N) is 1. The normalized spacial score (nSPS) is 15.5. The molecule has 2 aliphatic rings. The van der Waals surface area contributed by atoms with E-state index in [1.54, 1.807) is 32.8 Å². The van der Waals surface area contributed by atoms with Crippen LogP contribution in [0, 0.1) is 0 Å². The Labute approximate surface area is 249 Å². The molecule has 1 saturated heterocycles. The Hall–Kier alpha value is -3.69. The quantitative estimate of drug-likeness (QED) is 0.497. The predicted molar refractivity (Wildman–Crippen MR) is 155 cm³/mol. The van der Waals surface area contributed by atoms with Crippen molar-refractivity contribution in [3.05, 3.63) is 45.8 Å². The Morgan fingerprint density at radius 3 is 2.07 bits per heavy atom. The van der Waals surface area contributed by atoms with Crippen LogP contribution in [0.5, 0.6) is 0 Å². The van der Waals surface area contributed by atoms with Crippen LogP contribution in [-0.2, 0) is 32.5 Å². The number of hydrogen-bond acceptors (Lipinski definition) is 9. The third-order valence-corrected chi connectivity index (χ3v) is 9.99. The van der Waals surface area contributed by atoms with Crippen molar-refractivity contribution in [2.75, 3.05) is 65.3 Å². The number of nitrogens with zero attached hydrogens (tertiary/aromatic N) is 4. The highest BCUT2D eigenvalue weighted by molar-refractivity contribution is 7.89. The van der Waals surface area contributed by atoms with E-state index in [0.717, 1.165) is 10.4 Å². The summed E-state index contributed by atoms with van der Waals surface area (Å²) in [4.78, 5) is 55.8. The first-order valence-corrected chi connectivity index (χ1v) is 15.8. The van der Waals surface area contributed by atoms with Crippen molar-refractivity contribution in [3.63, 3.8) is 0 Å². The summed E-state index contributed by atoms with van der Waals surface area (Å²) in [5.74, 6) is -0.771. The van der Waals surface area contributed by atoms with Crippen LogP contribution in [0.15, 0.2) is 29.2 Å². The Morgan fingerprint density at radius 2 is 1.50 bits per heavy atom. The number of carbonyl (C=O) groups excluding carboxylic acids is 4. The van der Waals surface area contributed by atoms with E-state index >= 15 is 0 Å². The van der Waals surface area contributed by atoms with Crippen molar-refractivity contribution >= 4 is 50.4 Å². The number of anilines is 1. The van der Waals surface area contributed by atoms with Crippen LogP contribution in [-0.4, -0.2) is 111 Å². The molecule has 0 aliphatic carbocycles. The van der Waals surface area contributed by atoms with Crippen molar-refractivity contribution in [2.45, 2.75) is 31.7 Å². The van der Waals surface area contributed by atoms with Crippen molar-refractivity contribution < 1.29 is 37.1 Å². The van der Waals surface area contributed by atoms with Gasteiger partial charge in [0, 0.05) is 57.3 Å². The topological polar surface area (TPSA) is 146 Å². The second kappa shape index (κ2) is 13.1. The molecule has 0 spiro atoms. The molecule has 1 fully saturated rings. The molecule has 1 N–H and O–H groups in total. The maximum Gasteiger partial charge on any atom is 0.410 e. The molecular formula is C27H35N5O8S2. The molecule has 4 amide bonds. The van der Waals surface area contributed by atoms with Gasteiger partial charge in [-0.25, -0.2) is 18.0 Å². The molecule has 2 aromatic rings. The number of thiophene rings is 1. The van der Waals surface area contributed by atoms with E-state index in [9.17, 15) is 27.6 Å². The molecule has 42 heavy (non-hydrogen) atoms. The fourth-order valence-corrected chi connectivity index (χ4v) is 7.41. The lowest BCUT2D eigenvalue weighted by Gasteiger charge is -2.33. The van der Waals surface area contributed by atoms with Gasteiger partial charge in [0.15, 0.2) is 0 Å². The van der Waals surface area contributed by atoms with Gasteiger partial charge in [-0.1, -0.05) is 0 Å². The molecule has 15 heteroatoms. The highest BCUT2D eigenvalue weighted by Gasteiger charge is 2.33. The highest BCUT2D eigenvalue weighted by atomic mass is 32.2. The Balaban J connectivity index is 1.49. The molecular weight excluding hydrogens is 586 g/mol. The predicted octanol–water partition coefficient (Wildman–Crippen LogP) is 2.68. The second-order valence-corrected chi connectivity index (χ2v) is 12.9. The number of fused-ring (bicyclic) bond motifs is 1. The van der Waals surface area contributed by atoms with Crippen LogP contribution in [0.4, 0.5) is 14.6 Å². The van der Waals surface area contributed by atoms with Crippen LogP contribution in [0.25, 0.3) is 0 Å². The number of hydrogen-bond donors (Lipinski definition) is 1. The zero-order chi connectivity index (χ0) is 30.6. The van der Waals surface area contributed by atoms with Gasteiger partial charge in [0.2, 0.25) is 10.0 Å². The molecule has 3 heterocycles. The summed E-state index contributed by atoms with van der Waals surface area (Å²) in [6, 6.07) is 5.57. The third kappa shape index (κ3) is 6.52. The van der Waals surface area contributed by atoms with Crippen molar-refractivity contribution in [1.82, 2.24) is 19.0 Å². The van der Waals surface area contributed by atoms with E-state index in [4.69, 9.17) is 9.47 Å². The first-order chi connectivity index (χ1) is 20.0. The number of amides is 4. The minimum Gasteiger partial charge on any atom is -0.450 e. The molecule has 0 atom stereocenters. The van der Waals surface area contributed by atoms with Crippen molar-refractivity contribution in [1.29, 1.82) is 0 Å². The van der Waals surface area contributed by atoms with Gasteiger partial charge >= 0.3 is 12.2 Å². The molecule has 0 unspecified atom stereocenters. The third-order valence-electron chi connectivity index (χ3n) is 6.95. The summed E-state index contributed by atoms with van der Waals surface area (Å²) < 4.78 is 37.8. The number of ether oxygens (including phenoxy) is 2. The van der Waals surface area contributed by atoms with E-state index in [1.807, 2.05) is 0 Å². The van der Waals surface area contributed by atoms with Gasteiger partial charge < -0.3 is 29.5 Å². The van der Waals surface area contributed by atoms with E-state index in [2.05, 4.69) is 5.32 Å². The minimum atomic E-state index is -3.84. The lowest BCUT2D eigenvalue weighted by molar-refractivity contribution is 0.0826. The fourth-order valence-electron chi connectivity index (χ4n) is 4.74. The summed E-state index contributed by atoms with van der Waals surface area (Å²) in [5, 5.41) is 3.19. The fraction of sp³-hybridized carbons (Fsp3) is 0.481. The van der Waals surface area contributed by atoms with Crippen molar-refractivity contribution in [3.8, 4) is 0 Å². The van der Waals surface area contributed by atoms with Gasteiger partial charge in [0.1, 0.15) is 5.00 Å². The van der Waals surface area contributed by atoms with Crippen molar-refractivity contribution in [2.24, 2.45) is 0 Å². The monoisotopic (exact) mass is 621 g/mol. The van der Waals surface area contributed by atoms with Crippen LogP contribution in [0.1, 0.15) is 45.0 Å². The molecule has 4 rings (SSSR count). The van der Waals surface area contributed by atoms with Gasteiger partial charge in [-0.2, -0.15) is 4.31 Å². The van der Waals surface area contributed by atoms with Gasteiger partial charge in [0.05, 0.1) is 30.2 Å². The highest BCUT2D eigenvalue weighted by Crippen LogP contribution is 2.38. The average molecular weight is 622 g/mol. The number of carbonyl (C=O) groups is 4.